The molecule has 0 aliphatic carbocycles. The van der Waals surface area contributed by atoms with Gasteiger partial charge < -0.3 is 20.2 Å². The van der Waals surface area contributed by atoms with Crippen molar-refractivity contribution in [3.05, 3.63) is 41.6 Å². The number of benzene rings is 1. The van der Waals surface area contributed by atoms with Gasteiger partial charge in [0.1, 0.15) is 5.82 Å². The molecule has 7 nitrogen and oxygen atoms in total. The van der Waals surface area contributed by atoms with E-state index in [1.54, 1.807) is 6.20 Å². The lowest BCUT2D eigenvalue weighted by Gasteiger charge is -2.32. The Balaban J connectivity index is 1.74. The minimum Gasteiger partial charge on any atom is -0.395 e. The lowest BCUT2D eigenvalue weighted by molar-refractivity contribution is 0.0664. The van der Waals surface area contributed by atoms with Gasteiger partial charge in [-0.05, 0) is 26.1 Å². The molecule has 0 unspecified atom stereocenters. The van der Waals surface area contributed by atoms with Crippen LogP contribution in [0.15, 0.2) is 30.5 Å². The number of aryl methyl sites for hydroxylation is 1. The summed E-state index contributed by atoms with van der Waals surface area (Å²) < 4.78 is 0. The van der Waals surface area contributed by atoms with Gasteiger partial charge in [-0.15, -0.1) is 0 Å². The van der Waals surface area contributed by atoms with Crippen molar-refractivity contribution >= 4 is 11.7 Å². The number of nitrogens with one attached hydrogen (secondary N) is 1. The average molecular weight is 355 g/mol. The van der Waals surface area contributed by atoms with E-state index in [4.69, 9.17) is 5.11 Å². The zero-order chi connectivity index (χ0) is 18.5. The van der Waals surface area contributed by atoms with E-state index >= 15 is 0 Å². The summed E-state index contributed by atoms with van der Waals surface area (Å²) in [5.41, 5.74) is 2.46. The molecular formula is C19H25N5O2. The highest BCUT2D eigenvalue weighted by Gasteiger charge is 2.20. The molecule has 1 aromatic heterocycles. The van der Waals surface area contributed by atoms with Crippen LogP contribution in [0.1, 0.15) is 15.9 Å². The van der Waals surface area contributed by atoms with Crippen LogP contribution >= 0.6 is 0 Å². The zero-order valence-electron chi connectivity index (χ0n) is 15.3. The second-order valence-corrected chi connectivity index (χ2v) is 6.55. The summed E-state index contributed by atoms with van der Waals surface area (Å²) in [7, 11) is 2.07. The second-order valence-electron chi connectivity index (χ2n) is 6.55. The highest BCUT2D eigenvalue weighted by atomic mass is 16.3. The predicted molar refractivity (Wildman–Crippen MR) is 101 cm³/mol. The molecule has 26 heavy (non-hydrogen) atoms. The molecule has 3 rings (SSSR count). The molecule has 2 N–H and O–H groups in total. The summed E-state index contributed by atoms with van der Waals surface area (Å²) in [5, 5.41) is 12.0. The highest BCUT2D eigenvalue weighted by Crippen LogP contribution is 2.20. The van der Waals surface area contributed by atoms with Gasteiger partial charge in [0.25, 0.3) is 5.91 Å². The number of aliphatic hydroxyl groups is 1. The van der Waals surface area contributed by atoms with Gasteiger partial charge in [0, 0.05) is 55.6 Å². The number of nitrogens with zero attached hydrogens (tertiary/aromatic N) is 4. The van der Waals surface area contributed by atoms with E-state index < -0.39 is 0 Å². The normalized spacial score (nSPS) is 15.1. The van der Waals surface area contributed by atoms with Crippen molar-refractivity contribution in [2.24, 2.45) is 0 Å². The van der Waals surface area contributed by atoms with E-state index in [0.29, 0.717) is 23.8 Å². The molecule has 1 fully saturated rings. The molecule has 0 saturated carbocycles. The van der Waals surface area contributed by atoms with Crippen LogP contribution in [0.4, 0.5) is 5.82 Å². The first-order valence-corrected chi connectivity index (χ1v) is 8.85. The maximum absolute atomic E-state index is 12.6. The van der Waals surface area contributed by atoms with Crippen LogP contribution in [-0.2, 0) is 0 Å². The molecular weight excluding hydrogens is 330 g/mol. The standard InChI is InChI=1S/C19H25N5O2/c1-14-13-21-18(22-17(14)20-7-12-25)15-3-5-16(6-4-15)19(26)24-10-8-23(2)9-11-24/h3-6,13,25H,7-12H2,1-2H3,(H,20,21,22). The van der Waals surface area contributed by atoms with Gasteiger partial charge in [0.2, 0.25) is 0 Å². The van der Waals surface area contributed by atoms with Gasteiger partial charge in [-0.3, -0.25) is 4.79 Å². The Hall–Kier alpha value is -2.51. The van der Waals surface area contributed by atoms with Crippen LogP contribution in [0.5, 0.6) is 0 Å². The third kappa shape index (κ3) is 4.17. The third-order valence-corrected chi connectivity index (χ3v) is 4.56. The summed E-state index contributed by atoms with van der Waals surface area (Å²) in [6, 6.07) is 7.42. The average Bonchev–Trinajstić information content (AvgIpc) is 2.67. The SMILES string of the molecule is Cc1cnc(-c2ccc(C(=O)N3CCN(C)CC3)cc2)nc1NCCO. The van der Waals surface area contributed by atoms with Crippen molar-refractivity contribution in [1.82, 2.24) is 19.8 Å². The maximum Gasteiger partial charge on any atom is 0.253 e. The quantitative estimate of drug-likeness (QED) is 0.840. The smallest absolute Gasteiger partial charge is 0.253 e. The lowest BCUT2D eigenvalue weighted by atomic mass is 10.1. The van der Waals surface area contributed by atoms with E-state index in [0.717, 1.165) is 37.3 Å². The number of carbonyl (C=O) groups excluding carboxylic acids is 1. The number of amides is 1. The molecule has 1 aromatic carbocycles. The molecule has 0 bridgehead atoms. The number of aromatic nitrogens is 2. The van der Waals surface area contributed by atoms with Crippen LogP contribution in [-0.4, -0.2) is 77.2 Å². The molecule has 1 saturated heterocycles. The van der Waals surface area contributed by atoms with E-state index in [1.165, 1.54) is 0 Å². The molecule has 7 heteroatoms. The minimum atomic E-state index is 0.0435. The Morgan fingerprint density at radius 2 is 1.88 bits per heavy atom. The third-order valence-electron chi connectivity index (χ3n) is 4.56. The van der Waals surface area contributed by atoms with Crippen molar-refractivity contribution in [2.75, 3.05) is 51.7 Å². The van der Waals surface area contributed by atoms with E-state index in [-0.39, 0.29) is 12.5 Å². The molecule has 1 aliphatic rings. The molecule has 0 spiro atoms. The summed E-state index contributed by atoms with van der Waals surface area (Å²) in [5.74, 6) is 1.37. The number of aliphatic hydroxyl groups excluding tert-OH is 1. The fourth-order valence-corrected chi connectivity index (χ4v) is 2.89. The molecule has 138 valence electrons. The van der Waals surface area contributed by atoms with Crippen LogP contribution in [0.25, 0.3) is 11.4 Å². The summed E-state index contributed by atoms with van der Waals surface area (Å²) >= 11 is 0. The topological polar surface area (TPSA) is 81.6 Å². The van der Waals surface area contributed by atoms with Gasteiger partial charge in [0.05, 0.1) is 6.61 Å². The van der Waals surface area contributed by atoms with Crippen molar-refractivity contribution in [3.8, 4) is 11.4 Å². The van der Waals surface area contributed by atoms with Gasteiger partial charge in [-0.25, -0.2) is 9.97 Å². The Kier molecular flexibility index (Phi) is 5.80. The number of likely N-dealkylation sites (N-methyl/N-ethyl adjacent to an activating group) is 1. The Labute approximate surface area is 153 Å². The van der Waals surface area contributed by atoms with Crippen LogP contribution in [0, 0.1) is 6.92 Å². The summed E-state index contributed by atoms with van der Waals surface area (Å²) in [6.45, 7) is 5.74. The maximum atomic E-state index is 12.6. The van der Waals surface area contributed by atoms with Crippen molar-refractivity contribution < 1.29 is 9.90 Å². The van der Waals surface area contributed by atoms with E-state index in [2.05, 4.69) is 27.2 Å². The monoisotopic (exact) mass is 355 g/mol. The first-order chi connectivity index (χ1) is 12.6. The molecule has 2 aromatic rings. The highest BCUT2D eigenvalue weighted by molar-refractivity contribution is 5.94. The Bertz CT molecular complexity index is 755. The van der Waals surface area contributed by atoms with Gasteiger partial charge in [-0.2, -0.15) is 0 Å². The number of anilines is 1. The summed E-state index contributed by atoms with van der Waals surface area (Å²) in [6.07, 6.45) is 1.76. The Morgan fingerprint density at radius 1 is 1.19 bits per heavy atom. The first-order valence-electron chi connectivity index (χ1n) is 8.85. The number of carbonyl (C=O) groups is 1. The van der Waals surface area contributed by atoms with Gasteiger partial charge in [-0.1, -0.05) is 12.1 Å². The van der Waals surface area contributed by atoms with Crippen molar-refractivity contribution in [2.45, 2.75) is 6.92 Å². The largest absolute Gasteiger partial charge is 0.395 e. The predicted octanol–water partition coefficient (Wildman–Crippen LogP) is 1.24. The molecule has 1 amide bonds. The molecule has 2 heterocycles. The van der Waals surface area contributed by atoms with Gasteiger partial charge in [0.15, 0.2) is 5.82 Å². The first kappa shape index (κ1) is 18.3. The molecule has 0 radical (unpaired) electrons. The molecule has 0 atom stereocenters. The number of hydrogen-bond acceptors (Lipinski definition) is 6. The van der Waals surface area contributed by atoms with Crippen LogP contribution in [0.3, 0.4) is 0 Å². The van der Waals surface area contributed by atoms with Crippen molar-refractivity contribution in [3.63, 3.8) is 0 Å². The number of hydrogen-bond donors (Lipinski definition) is 2. The fourth-order valence-electron chi connectivity index (χ4n) is 2.89. The number of rotatable bonds is 5. The number of piperazine rings is 1. The van der Waals surface area contributed by atoms with Crippen LogP contribution in [0.2, 0.25) is 0 Å². The minimum absolute atomic E-state index is 0.0435. The lowest BCUT2D eigenvalue weighted by Crippen LogP contribution is -2.47. The molecule has 1 aliphatic heterocycles. The van der Waals surface area contributed by atoms with Gasteiger partial charge >= 0.3 is 0 Å². The Morgan fingerprint density at radius 3 is 2.54 bits per heavy atom. The fraction of sp³-hybridized carbons (Fsp3) is 0.421. The zero-order valence-corrected chi connectivity index (χ0v) is 15.3. The second kappa shape index (κ2) is 8.25. The van der Waals surface area contributed by atoms with E-state index in [1.807, 2.05) is 36.1 Å². The summed E-state index contributed by atoms with van der Waals surface area (Å²) in [4.78, 5) is 25.6. The van der Waals surface area contributed by atoms with E-state index in [9.17, 15) is 4.79 Å². The van der Waals surface area contributed by atoms with Crippen molar-refractivity contribution in [1.29, 1.82) is 0 Å². The van der Waals surface area contributed by atoms with Crippen LogP contribution < -0.4 is 5.32 Å².